The highest BCUT2D eigenvalue weighted by Crippen LogP contribution is 2.35. The molecule has 1 aliphatic rings. The molecule has 2 heterocycles. The van der Waals surface area contributed by atoms with Crippen molar-refractivity contribution in [3.63, 3.8) is 0 Å². The summed E-state index contributed by atoms with van der Waals surface area (Å²) < 4.78 is 4.25. The van der Waals surface area contributed by atoms with E-state index in [0.29, 0.717) is 30.6 Å². The van der Waals surface area contributed by atoms with Gasteiger partial charge < -0.3 is 4.57 Å². The van der Waals surface area contributed by atoms with Gasteiger partial charge in [0.15, 0.2) is 11.2 Å². The van der Waals surface area contributed by atoms with Crippen molar-refractivity contribution in [1.29, 1.82) is 0 Å². The van der Waals surface area contributed by atoms with Gasteiger partial charge in [-0.05, 0) is 18.8 Å². The molecular weight excluding hydrogens is 314 g/mol. The van der Waals surface area contributed by atoms with Gasteiger partial charge in [-0.3, -0.25) is 23.6 Å². The summed E-state index contributed by atoms with van der Waals surface area (Å²) in [5.74, 6) is -0.0590. The molecule has 9 heteroatoms. The van der Waals surface area contributed by atoms with Crippen LogP contribution in [0.2, 0.25) is 0 Å². The fourth-order valence-corrected chi connectivity index (χ4v) is 3.25. The molecule has 1 fully saturated rings. The number of aryl methyl sites for hydroxylation is 2. The number of hydrogen-bond acceptors (Lipinski definition) is 5. The van der Waals surface area contributed by atoms with E-state index in [1.165, 1.54) is 27.6 Å². The van der Waals surface area contributed by atoms with E-state index in [4.69, 9.17) is 4.84 Å². The van der Waals surface area contributed by atoms with E-state index in [2.05, 4.69) is 4.98 Å². The van der Waals surface area contributed by atoms with Gasteiger partial charge in [-0.1, -0.05) is 0 Å². The van der Waals surface area contributed by atoms with E-state index in [1.807, 2.05) is 0 Å². The van der Waals surface area contributed by atoms with Crippen molar-refractivity contribution in [3.05, 3.63) is 27.2 Å². The molecule has 0 N–H and O–H groups in total. The zero-order valence-electron chi connectivity index (χ0n) is 14.2. The van der Waals surface area contributed by atoms with Gasteiger partial charge in [0.2, 0.25) is 5.91 Å². The van der Waals surface area contributed by atoms with Gasteiger partial charge in [-0.15, -0.1) is 0 Å². The molecule has 0 bridgehead atoms. The van der Waals surface area contributed by atoms with E-state index in [1.54, 1.807) is 25.7 Å². The van der Waals surface area contributed by atoms with Crippen LogP contribution in [0.15, 0.2) is 15.9 Å². The van der Waals surface area contributed by atoms with Crippen LogP contribution in [0.4, 0.5) is 0 Å². The molecular formula is C15H21N5O4. The third kappa shape index (κ3) is 2.44. The average molecular weight is 335 g/mol. The van der Waals surface area contributed by atoms with Crippen LogP contribution in [0, 0.1) is 11.8 Å². The van der Waals surface area contributed by atoms with Crippen LogP contribution in [-0.4, -0.2) is 43.8 Å². The summed E-state index contributed by atoms with van der Waals surface area (Å²) in [6.45, 7) is 0.313. The van der Waals surface area contributed by atoms with E-state index >= 15 is 0 Å². The Labute approximate surface area is 138 Å². The lowest BCUT2D eigenvalue weighted by Crippen LogP contribution is -2.45. The largest absolute Gasteiger partial charge is 0.332 e. The van der Waals surface area contributed by atoms with Crippen LogP contribution >= 0.6 is 0 Å². The predicted octanol–water partition coefficient (Wildman–Crippen LogP) is -0.520. The number of nitrogens with zero attached hydrogens (tertiary/aromatic N) is 5. The highest BCUT2D eigenvalue weighted by molar-refractivity contribution is 5.78. The molecule has 0 spiro atoms. The van der Waals surface area contributed by atoms with Crippen LogP contribution in [0.3, 0.4) is 0 Å². The normalized spacial score (nSPS) is 20.2. The fourth-order valence-electron chi connectivity index (χ4n) is 3.25. The first-order valence-corrected chi connectivity index (χ1v) is 7.77. The number of fused-ring (bicyclic) bond motifs is 1. The minimum absolute atomic E-state index is 0.0731. The molecule has 0 atom stereocenters. The van der Waals surface area contributed by atoms with Gasteiger partial charge >= 0.3 is 5.69 Å². The maximum Gasteiger partial charge on any atom is 0.332 e. The van der Waals surface area contributed by atoms with Gasteiger partial charge in [0.1, 0.15) is 0 Å². The Morgan fingerprint density at radius 1 is 1.38 bits per heavy atom. The number of carbonyl (C=O) groups excluding carboxylic acids is 1. The van der Waals surface area contributed by atoms with Crippen LogP contribution in [0.1, 0.15) is 12.8 Å². The first-order chi connectivity index (χ1) is 11.3. The van der Waals surface area contributed by atoms with Crippen molar-refractivity contribution in [2.75, 3.05) is 14.2 Å². The van der Waals surface area contributed by atoms with E-state index in [9.17, 15) is 14.4 Å². The first-order valence-electron chi connectivity index (χ1n) is 7.77. The standard InChI is InChI=1S/C15H21N5O4/c1-17-8-16-12-11(17)14(22)20(15(23)18(12)2)7-9-5-10(6-9)13(21)19(3)24-4/h8-10H,5-7H2,1-4H3. The maximum absolute atomic E-state index is 12.6. The van der Waals surface area contributed by atoms with Gasteiger partial charge in [0, 0.05) is 33.6 Å². The Morgan fingerprint density at radius 3 is 2.67 bits per heavy atom. The Morgan fingerprint density at radius 2 is 2.04 bits per heavy atom. The molecule has 0 unspecified atom stereocenters. The molecule has 3 rings (SSSR count). The Kier molecular flexibility index (Phi) is 4.04. The molecule has 2 aromatic heterocycles. The van der Waals surface area contributed by atoms with E-state index < -0.39 is 0 Å². The topological polar surface area (TPSA) is 91.4 Å². The minimum atomic E-state index is -0.380. The van der Waals surface area contributed by atoms with E-state index in [-0.39, 0.29) is 29.0 Å². The van der Waals surface area contributed by atoms with Crippen LogP contribution in [-0.2, 0) is 30.3 Å². The second-order valence-corrected chi connectivity index (χ2v) is 6.34. The summed E-state index contributed by atoms with van der Waals surface area (Å²) in [7, 11) is 6.35. The summed E-state index contributed by atoms with van der Waals surface area (Å²) in [6.07, 6.45) is 2.81. The summed E-state index contributed by atoms with van der Waals surface area (Å²) >= 11 is 0. The lowest BCUT2D eigenvalue weighted by atomic mass is 9.74. The van der Waals surface area contributed by atoms with Crippen molar-refractivity contribution in [3.8, 4) is 0 Å². The number of hydroxylamine groups is 2. The lowest BCUT2D eigenvalue weighted by Gasteiger charge is -2.35. The van der Waals surface area contributed by atoms with Crippen molar-refractivity contribution < 1.29 is 9.63 Å². The second-order valence-electron chi connectivity index (χ2n) is 6.34. The maximum atomic E-state index is 12.6. The fraction of sp³-hybridized carbons (Fsp3) is 0.600. The summed E-state index contributed by atoms with van der Waals surface area (Å²) in [4.78, 5) is 46.0. The monoisotopic (exact) mass is 335 g/mol. The van der Waals surface area contributed by atoms with Gasteiger partial charge in [0.25, 0.3) is 5.56 Å². The molecule has 1 amide bonds. The third-order valence-corrected chi connectivity index (χ3v) is 4.81. The molecule has 0 aliphatic heterocycles. The Balaban J connectivity index is 1.83. The highest BCUT2D eigenvalue weighted by Gasteiger charge is 2.37. The SMILES string of the molecule is CON(C)C(=O)C1CC(Cn2c(=O)c3c(ncn3C)n(C)c2=O)C1. The number of rotatable bonds is 4. The quantitative estimate of drug-likeness (QED) is 0.701. The molecule has 2 aromatic rings. The zero-order valence-corrected chi connectivity index (χ0v) is 14.2. The number of aromatic nitrogens is 4. The van der Waals surface area contributed by atoms with Crippen molar-refractivity contribution in [2.45, 2.75) is 19.4 Å². The summed E-state index contributed by atoms with van der Waals surface area (Å²) in [6, 6.07) is 0. The van der Waals surface area contributed by atoms with Crippen LogP contribution < -0.4 is 11.2 Å². The Hall–Kier alpha value is -2.42. The number of hydrogen-bond donors (Lipinski definition) is 0. The molecule has 0 saturated heterocycles. The van der Waals surface area contributed by atoms with Crippen molar-refractivity contribution in [1.82, 2.24) is 23.7 Å². The van der Waals surface area contributed by atoms with Crippen LogP contribution in [0.25, 0.3) is 11.2 Å². The van der Waals surface area contributed by atoms with Gasteiger partial charge in [-0.25, -0.2) is 14.8 Å². The molecule has 1 aliphatic carbocycles. The third-order valence-electron chi connectivity index (χ3n) is 4.81. The zero-order chi connectivity index (χ0) is 17.6. The van der Waals surface area contributed by atoms with Crippen molar-refractivity contribution >= 4 is 17.1 Å². The second kappa shape index (κ2) is 5.90. The average Bonchev–Trinajstić information content (AvgIpc) is 2.91. The lowest BCUT2D eigenvalue weighted by molar-refractivity contribution is -0.178. The minimum Gasteiger partial charge on any atom is -0.328 e. The number of imidazole rings is 1. The number of carbonyl (C=O) groups is 1. The molecule has 24 heavy (non-hydrogen) atoms. The van der Waals surface area contributed by atoms with Gasteiger partial charge in [-0.2, -0.15) is 0 Å². The molecule has 130 valence electrons. The Bertz CT molecular complexity index is 903. The van der Waals surface area contributed by atoms with E-state index in [0.717, 1.165) is 0 Å². The molecule has 0 aromatic carbocycles. The summed E-state index contributed by atoms with van der Waals surface area (Å²) in [5.41, 5.74) is 0.0715. The smallest absolute Gasteiger partial charge is 0.328 e. The first kappa shape index (κ1) is 16.4. The van der Waals surface area contributed by atoms with Crippen LogP contribution in [0.5, 0.6) is 0 Å². The van der Waals surface area contributed by atoms with Crippen molar-refractivity contribution in [2.24, 2.45) is 25.9 Å². The predicted molar refractivity (Wildman–Crippen MR) is 86.2 cm³/mol. The molecule has 1 saturated carbocycles. The van der Waals surface area contributed by atoms with Gasteiger partial charge in [0.05, 0.1) is 13.4 Å². The molecule has 9 nitrogen and oxygen atoms in total. The summed E-state index contributed by atoms with van der Waals surface area (Å²) in [5, 5.41) is 1.22. The highest BCUT2D eigenvalue weighted by atomic mass is 16.7. The number of amides is 1. The molecule has 0 radical (unpaired) electrons.